The Labute approximate surface area is 161 Å². The molecule has 5 atom stereocenters. The number of nitrogens with two attached hydrogens (primary N) is 2. The number of hydrogen-bond acceptors (Lipinski definition) is 5. The molecule has 0 spiro atoms. The van der Waals surface area contributed by atoms with Gasteiger partial charge in [-0.15, -0.1) is 0 Å². The summed E-state index contributed by atoms with van der Waals surface area (Å²) in [6.45, 7) is 15.1. The minimum Gasteiger partial charge on any atom is -0.349 e. The Bertz CT molecular complexity index is 383. The number of ketones is 1. The van der Waals surface area contributed by atoms with Crippen molar-refractivity contribution in [2.75, 3.05) is 0 Å². The second kappa shape index (κ2) is 8.68. The van der Waals surface area contributed by atoms with Gasteiger partial charge in [0.15, 0.2) is 12.0 Å². The summed E-state index contributed by atoms with van der Waals surface area (Å²) in [5.74, 6) is 0.162. The van der Waals surface area contributed by atoms with Crippen molar-refractivity contribution in [1.29, 1.82) is 0 Å². The van der Waals surface area contributed by atoms with Crippen LogP contribution in [0, 0.1) is 5.41 Å². The fourth-order valence-corrected chi connectivity index (χ4v) is 3.98. The molecule has 0 saturated heterocycles. The molecule has 0 radical (unpaired) electrons. The second-order valence-corrected chi connectivity index (χ2v) is 10.2. The smallest absolute Gasteiger partial charge is 0.164 e. The van der Waals surface area contributed by atoms with E-state index in [1.807, 2.05) is 41.5 Å². The Hall–Kier alpha value is 0.680. The maximum Gasteiger partial charge on any atom is 0.164 e. The third kappa shape index (κ3) is 7.06. The summed E-state index contributed by atoms with van der Waals surface area (Å²) < 4.78 is 5.46. The third-order valence-electron chi connectivity index (χ3n) is 3.06. The Kier molecular flexibility index (Phi) is 8.95. The molecule has 0 aromatic rings. The topological polar surface area (TPSA) is 90.7 Å². The molecule has 0 saturated carbocycles. The van der Waals surface area contributed by atoms with Crippen molar-refractivity contribution in [3.05, 3.63) is 0 Å². The molecule has 130 valence electrons. The van der Waals surface area contributed by atoms with E-state index in [1.54, 1.807) is 0 Å². The summed E-state index contributed by atoms with van der Waals surface area (Å²) in [5, 5.41) is 0. The lowest BCUT2D eigenvalue weighted by Gasteiger charge is -2.35. The molecule has 0 aliphatic heterocycles. The number of hydrogen-bond donors (Lipinski definition) is 2. The first-order valence-corrected chi connectivity index (χ1v) is 9.68. The molecule has 0 aliphatic carbocycles. The Morgan fingerprint density at radius 3 is 1.86 bits per heavy atom. The molecule has 0 rings (SSSR count). The highest BCUT2D eigenvalue weighted by Crippen LogP contribution is 2.29. The van der Waals surface area contributed by atoms with Crippen molar-refractivity contribution in [2.45, 2.75) is 73.3 Å². The van der Waals surface area contributed by atoms with Crippen LogP contribution in [0.5, 0.6) is 0 Å². The highest BCUT2D eigenvalue weighted by Gasteiger charge is 2.39. The van der Waals surface area contributed by atoms with E-state index in [4.69, 9.17) is 16.2 Å². The van der Waals surface area contributed by atoms with Crippen molar-refractivity contribution in [2.24, 2.45) is 21.9 Å². The van der Waals surface area contributed by atoms with Gasteiger partial charge in [0, 0.05) is 15.4 Å². The highest BCUT2D eigenvalue weighted by molar-refractivity contribution is 14.1. The van der Waals surface area contributed by atoms with Crippen molar-refractivity contribution in [1.82, 2.24) is 0 Å². The van der Waals surface area contributed by atoms with Gasteiger partial charge in [-0.05, 0) is 27.5 Å². The SMILES string of the molecule is C=NC(OC(C)(C)C)C(N)C(N)C(I)C(I)C(=O)C(C)(C)C. The van der Waals surface area contributed by atoms with Crippen LogP contribution in [0.4, 0.5) is 0 Å². The minimum atomic E-state index is -0.597. The summed E-state index contributed by atoms with van der Waals surface area (Å²) in [4.78, 5) is 16.4. The van der Waals surface area contributed by atoms with Gasteiger partial charge in [0.1, 0.15) is 0 Å². The molecule has 0 aliphatic rings. The van der Waals surface area contributed by atoms with Crippen molar-refractivity contribution < 1.29 is 9.53 Å². The van der Waals surface area contributed by atoms with Crippen LogP contribution < -0.4 is 11.5 Å². The van der Waals surface area contributed by atoms with Crippen LogP contribution in [0.1, 0.15) is 41.5 Å². The van der Waals surface area contributed by atoms with E-state index >= 15 is 0 Å². The zero-order valence-corrected chi connectivity index (χ0v) is 18.6. The number of nitrogens with zero attached hydrogens (tertiary/aromatic N) is 1. The van der Waals surface area contributed by atoms with Crippen LogP contribution in [0.15, 0.2) is 4.99 Å². The summed E-state index contributed by atoms with van der Waals surface area (Å²) in [7, 11) is 0. The summed E-state index contributed by atoms with van der Waals surface area (Å²) in [6.07, 6.45) is -0.597. The lowest BCUT2D eigenvalue weighted by Crippen LogP contribution is -2.57. The van der Waals surface area contributed by atoms with Crippen molar-refractivity contribution in [3.63, 3.8) is 0 Å². The maximum absolute atomic E-state index is 12.4. The van der Waals surface area contributed by atoms with Gasteiger partial charge in [0.25, 0.3) is 0 Å². The molecule has 22 heavy (non-hydrogen) atoms. The summed E-state index contributed by atoms with van der Waals surface area (Å²) >= 11 is 4.35. The van der Waals surface area contributed by atoms with E-state index in [0.29, 0.717) is 0 Å². The number of Topliss-reactive ketones (excluding diaryl/α,β-unsaturated/α-hetero) is 1. The number of carbonyl (C=O) groups excluding carboxylic acids is 1. The average Bonchev–Trinajstić information content (AvgIpc) is 2.38. The van der Waals surface area contributed by atoms with Gasteiger partial charge in [0.2, 0.25) is 0 Å². The monoisotopic (exact) mass is 537 g/mol. The van der Waals surface area contributed by atoms with Gasteiger partial charge in [-0.1, -0.05) is 66.0 Å². The molecule has 0 amide bonds. The summed E-state index contributed by atoms with van der Waals surface area (Å²) in [6, 6.07) is -0.949. The first-order valence-electron chi connectivity index (χ1n) is 7.19. The number of halogens is 2. The van der Waals surface area contributed by atoms with E-state index in [9.17, 15) is 4.79 Å². The zero-order chi connectivity index (χ0) is 17.9. The standard InChI is InChI=1S/C15H29I2N3O2/c1-14(2,3)12(21)9(17)8(16)10(18)11(19)13(20-7)22-15(4,5)6/h8-11,13H,7,18-19H2,1-6H3. The quantitative estimate of drug-likeness (QED) is 0.297. The van der Waals surface area contributed by atoms with Gasteiger partial charge in [-0.2, -0.15) is 0 Å². The predicted octanol–water partition coefficient (Wildman–Crippen LogP) is 2.71. The van der Waals surface area contributed by atoms with Crippen LogP contribution >= 0.6 is 45.2 Å². The number of alkyl halides is 2. The Balaban J connectivity index is 5.03. The molecule has 5 nitrogen and oxygen atoms in total. The van der Waals surface area contributed by atoms with Gasteiger partial charge >= 0.3 is 0 Å². The second-order valence-electron chi connectivity index (χ2n) is 7.42. The molecular weight excluding hydrogens is 508 g/mol. The van der Waals surface area contributed by atoms with Gasteiger partial charge in [0.05, 0.1) is 15.6 Å². The molecule has 0 heterocycles. The molecular formula is C15H29I2N3O2. The van der Waals surface area contributed by atoms with Gasteiger partial charge < -0.3 is 16.2 Å². The van der Waals surface area contributed by atoms with Crippen LogP contribution in [0.2, 0.25) is 0 Å². The fraction of sp³-hybridized carbons (Fsp3) is 0.867. The third-order valence-corrected chi connectivity index (χ3v) is 7.33. The molecule has 7 heteroatoms. The first kappa shape index (κ1) is 22.7. The predicted molar refractivity (Wildman–Crippen MR) is 110 cm³/mol. The van der Waals surface area contributed by atoms with E-state index in [1.165, 1.54) is 0 Å². The minimum absolute atomic E-state index is 0.118. The lowest BCUT2D eigenvalue weighted by atomic mass is 9.86. The molecule has 0 fully saturated rings. The van der Waals surface area contributed by atoms with Crippen molar-refractivity contribution in [3.8, 4) is 0 Å². The van der Waals surface area contributed by atoms with Crippen LogP contribution in [-0.4, -0.2) is 44.3 Å². The van der Waals surface area contributed by atoms with Gasteiger partial charge in [-0.3, -0.25) is 9.79 Å². The maximum atomic E-state index is 12.4. The number of carbonyl (C=O) groups is 1. The van der Waals surface area contributed by atoms with E-state index in [-0.39, 0.29) is 13.6 Å². The fourth-order valence-electron chi connectivity index (χ4n) is 1.76. The molecule has 4 N–H and O–H groups in total. The molecule has 5 unspecified atom stereocenters. The van der Waals surface area contributed by atoms with E-state index < -0.39 is 29.3 Å². The first-order chi connectivity index (χ1) is 9.72. The van der Waals surface area contributed by atoms with E-state index in [0.717, 1.165) is 0 Å². The Morgan fingerprint density at radius 2 is 1.55 bits per heavy atom. The molecule has 0 aromatic heterocycles. The number of ether oxygens (including phenoxy) is 1. The van der Waals surface area contributed by atoms with Gasteiger partial charge in [-0.25, -0.2) is 0 Å². The average molecular weight is 537 g/mol. The number of rotatable bonds is 7. The largest absolute Gasteiger partial charge is 0.349 e. The highest BCUT2D eigenvalue weighted by atomic mass is 127. The summed E-state index contributed by atoms with van der Waals surface area (Å²) in [5.41, 5.74) is 11.7. The molecule has 0 bridgehead atoms. The van der Waals surface area contributed by atoms with Crippen LogP contribution in [-0.2, 0) is 9.53 Å². The lowest BCUT2D eigenvalue weighted by molar-refractivity contribution is -0.125. The number of aliphatic imine (C=N–C) groups is 1. The van der Waals surface area contributed by atoms with Crippen LogP contribution in [0.25, 0.3) is 0 Å². The normalized spacial score (nSPS) is 19.9. The van der Waals surface area contributed by atoms with Crippen molar-refractivity contribution >= 4 is 57.7 Å². The van der Waals surface area contributed by atoms with Crippen LogP contribution in [0.3, 0.4) is 0 Å². The van der Waals surface area contributed by atoms with E-state index in [2.05, 4.69) is 56.9 Å². The molecule has 0 aromatic carbocycles. The zero-order valence-electron chi connectivity index (χ0n) is 14.3. The Morgan fingerprint density at radius 1 is 1.09 bits per heavy atom.